The van der Waals surface area contributed by atoms with Gasteiger partial charge in [0, 0.05) is 29.0 Å². The average molecular weight is 511 g/mol. The maximum Gasteiger partial charge on any atom is 0.337 e. The summed E-state index contributed by atoms with van der Waals surface area (Å²) in [5, 5.41) is 4.22. The summed E-state index contributed by atoms with van der Waals surface area (Å²) in [6.07, 6.45) is 1.82. The summed E-state index contributed by atoms with van der Waals surface area (Å²) in [7, 11) is 1.40. The summed E-state index contributed by atoms with van der Waals surface area (Å²) in [5.41, 5.74) is 9.12. The first-order chi connectivity index (χ1) is 17.8. The third-order valence-corrected chi connectivity index (χ3v) is 7.50. The van der Waals surface area contributed by atoms with Gasteiger partial charge in [0.2, 0.25) is 0 Å². The van der Waals surface area contributed by atoms with Gasteiger partial charge in [-0.15, -0.1) is 0 Å². The van der Waals surface area contributed by atoms with Crippen LogP contribution in [0.2, 0.25) is 0 Å². The van der Waals surface area contributed by atoms with E-state index in [4.69, 9.17) is 17.0 Å². The van der Waals surface area contributed by atoms with Crippen molar-refractivity contribution in [2.45, 2.75) is 39.8 Å². The van der Waals surface area contributed by atoms with Crippen LogP contribution < -0.4 is 10.2 Å². The fourth-order valence-electron chi connectivity index (χ4n) is 5.20. The fraction of sp³-hybridized carbons (Fsp3) is 0.233. The summed E-state index contributed by atoms with van der Waals surface area (Å²) < 4.78 is 7.12. The van der Waals surface area contributed by atoms with Crippen molar-refractivity contribution in [2.75, 3.05) is 12.0 Å². The third-order valence-electron chi connectivity index (χ3n) is 7.18. The van der Waals surface area contributed by atoms with E-state index in [9.17, 15) is 4.79 Å². The number of carbonyl (C=O) groups is 1. The molecule has 7 heteroatoms. The molecule has 1 saturated heterocycles. The normalized spacial score (nSPS) is 17.1. The van der Waals surface area contributed by atoms with E-state index >= 15 is 0 Å². The Hall–Kier alpha value is -3.97. The van der Waals surface area contributed by atoms with Crippen LogP contribution in [0.15, 0.2) is 72.9 Å². The summed E-state index contributed by atoms with van der Waals surface area (Å²) >= 11 is 5.92. The molecule has 3 heterocycles. The summed E-state index contributed by atoms with van der Waals surface area (Å²) in [6, 6.07) is 21.9. The van der Waals surface area contributed by atoms with E-state index in [0.29, 0.717) is 10.7 Å². The highest BCUT2D eigenvalue weighted by Gasteiger charge is 2.42. The van der Waals surface area contributed by atoms with Gasteiger partial charge in [0.15, 0.2) is 5.11 Å². The second kappa shape index (κ2) is 9.82. The number of methoxy groups -OCH3 is 1. The van der Waals surface area contributed by atoms with Crippen molar-refractivity contribution in [3.63, 3.8) is 0 Å². The van der Waals surface area contributed by atoms with Gasteiger partial charge < -0.3 is 19.5 Å². The zero-order chi connectivity index (χ0) is 26.3. The van der Waals surface area contributed by atoms with Crippen molar-refractivity contribution in [1.82, 2.24) is 14.9 Å². The maximum absolute atomic E-state index is 12.2. The molecule has 2 aromatic heterocycles. The smallest absolute Gasteiger partial charge is 0.337 e. The molecule has 0 amide bonds. The zero-order valence-corrected chi connectivity index (χ0v) is 22.5. The summed E-state index contributed by atoms with van der Waals surface area (Å²) in [6.45, 7) is 8.43. The standard InChI is InChI=1S/C30H30N4O2S/c1-18-12-13-24(15-19(18)2)34-28(27(32-30(34)37)26-11-6-7-14-31-26)25-16-20(3)33(21(25)4)23-10-8-9-22(17-23)29(35)36-5/h6-17,27-28H,1-5H3,(H,32,37). The first-order valence-corrected chi connectivity index (χ1v) is 12.7. The molecule has 0 saturated carbocycles. The molecule has 1 fully saturated rings. The Morgan fingerprint density at radius 1 is 0.946 bits per heavy atom. The Kier molecular flexibility index (Phi) is 6.56. The van der Waals surface area contributed by atoms with E-state index in [1.807, 2.05) is 42.6 Å². The predicted molar refractivity (Wildman–Crippen MR) is 150 cm³/mol. The lowest BCUT2D eigenvalue weighted by Gasteiger charge is -2.28. The number of carbonyl (C=O) groups excluding carboxylic acids is 1. The summed E-state index contributed by atoms with van der Waals surface area (Å²) in [4.78, 5) is 19.1. The van der Waals surface area contributed by atoms with Crippen molar-refractivity contribution in [1.29, 1.82) is 0 Å². The number of hydrogen-bond acceptors (Lipinski definition) is 4. The van der Waals surface area contributed by atoms with Gasteiger partial charge in [-0.1, -0.05) is 18.2 Å². The van der Waals surface area contributed by atoms with Crippen molar-refractivity contribution < 1.29 is 9.53 Å². The second-order valence-corrected chi connectivity index (χ2v) is 9.86. The third kappa shape index (κ3) is 4.40. The van der Waals surface area contributed by atoms with Crippen LogP contribution in [-0.4, -0.2) is 27.7 Å². The topological polar surface area (TPSA) is 59.4 Å². The highest BCUT2D eigenvalue weighted by molar-refractivity contribution is 7.80. The molecule has 5 rings (SSSR count). The first kappa shape index (κ1) is 24.7. The number of nitrogens with zero attached hydrogens (tertiary/aromatic N) is 3. The van der Waals surface area contributed by atoms with Gasteiger partial charge in [-0.3, -0.25) is 4.98 Å². The minimum absolute atomic E-state index is 0.117. The Bertz CT molecular complexity index is 1490. The van der Waals surface area contributed by atoms with E-state index in [0.717, 1.165) is 34.0 Å². The number of aryl methyl sites for hydroxylation is 3. The van der Waals surface area contributed by atoms with Gasteiger partial charge in [-0.25, -0.2) is 4.79 Å². The number of thiocarbonyl (C=S) groups is 1. The predicted octanol–water partition coefficient (Wildman–Crippen LogP) is 6.07. The lowest BCUT2D eigenvalue weighted by atomic mass is 9.96. The van der Waals surface area contributed by atoms with Crippen LogP contribution in [-0.2, 0) is 4.74 Å². The van der Waals surface area contributed by atoms with Gasteiger partial charge in [0.1, 0.15) is 0 Å². The molecule has 6 nitrogen and oxygen atoms in total. The molecule has 2 atom stereocenters. The van der Waals surface area contributed by atoms with Crippen molar-refractivity contribution in [3.8, 4) is 5.69 Å². The van der Waals surface area contributed by atoms with Gasteiger partial charge in [0.05, 0.1) is 30.5 Å². The lowest BCUT2D eigenvalue weighted by Crippen LogP contribution is -2.29. The number of pyridine rings is 1. The molecule has 2 aromatic carbocycles. The van der Waals surface area contributed by atoms with Crippen molar-refractivity contribution in [3.05, 3.63) is 112 Å². The Balaban J connectivity index is 1.67. The number of rotatable bonds is 5. The van der Waals surface area contributed by atoms with Crippen LogP contribution >= 0.6 is 12.2 Å². The molecule has 1 N–H and O–H groups in total. The molecule has 1 aliphatic heterocycles. The van der Waals surface area contributed by atoms with E-state index in [1.165, 1.54) is 18.2 Å². The number of hydrogen-bond donors (Lipinski definition) is 1. The molecule has 0 radical (unpaired) electrons. The molecular weight excluding hydrogens is 480 g/mol. The second-order valence-electron chi connectivity index (χ2n) is 9.47. The van der Waals surface area contributed by atoms with Gasteiger partial charge in [0.25, 0.3) is 0 Å². The molecule has 37 heavy (non-hydrogen) atoms. The van der Waals surface area contributed by atoms with Gasteiger partial charge in [-0.05, 0) is 105 Å². The lowest BCUT2D eigenvalue weighted by molar-refractivity contribution is 0.0600. The first-order valence-electron chi connectivity index (χ1n) is 12.3. The highest BCUT2D eigenvalue weighted by atomic mass is 32.1. The van der Waals surface area contributed by atoms with Crippen molar-refractivity contribution >= 4 is 29.0 Å². The number of anilines is 1. The molecule has 188 valence electrons. The fourth-order valence-corrected chi connectivity index (χ4v) is 5.54. The Morgan fingerprint density at radius 3 is 2.46 bits per heavy atom. The molecule has 1 aliphatic rings. The molecule has 2 unspecified atom stereocenters. The van der Waals surface area contributed by atoms with Crippen molar-refractivity contribution in [2.24, 2.45) is 0 Å². The number of aromatic nitrogens is 2. The molecule has 0 bridgehead atoms. The van der Waals surface area contributed by atoms with Crippen LogP contribution in [0.3, 0.4) is 0 Å². The maximum atomic E-state index is 12.2. The minimum atomic E-state index is -0.356. The largest absolute Gasteiger partial charge is 0.465 e. The number of ether oxygens (including phenoxy) is 1. The Morgan fingerprint density at radius 2 is 1.76 bits per heavy atom. The quantitative estimate of drug-likeness (QED) is 0.260. The Labute approximate surface area is 222 Å². The van der Waals surface area contributed by atoms with Crippen LogP contribution in [0.1, 0.15) is 56.2 Å². The monoisotopic (exact) mass is 510 g/mol. The number of esters is 1. The number of benzene rings is 2. The van der Waals surface area contributed by atoms with Crippen LogP contribution in [0, 0.1) is 27.7 Å². The van der Waals surface area contributed by atoms with Crippen LogP contribution in [0.5, 0.6) is 0 Å². The van der Waals surface area contributed by atoms with E-state index in [2.05, 4.69) is 71.7 Å². The van der Waals surface area contributed by atoms with E-state index in [-0.39, 0.29) is 18.1 Å². The van der Waals surface area contributed by atoms with Crippen LogP contribution in [0.25, 0.3) is 5.69 Å². The average Bonchev–Trinajstić information content (AvgIpc) is 3.40. The van der Waals surface area contributed by atoms with Gasteiger partial charge in [-0.2, -0.15) is 0 Å². The van der Waals surface area contributed by atoms with E-state index in [1.54, 1.807) is 6.07 Å². The molecule has 0 spiro atoms. The molecular formula is C30H30N4O2S. The highest BCUT2D eigenvalue weighted by Crippen LogP contribution is 2.44. The zero-order valence-electron chi connectivity index (χ0n) is 21.6. The number of nitrogens with one attached hydrogen (secondary N) is 1. The summed E-state index contributed by atoms with van der Waals surface area (Å²) in [5.74, 6) is -0.356. The van der Waals surface area contributed by atoms with E-state index < -0.39 is 0 Å². The molecule has 4 aromatic rings. The van der Waals surface area contributed by atoms with Crippen LogP contribution in [0.4, 0.5) is 5.69 Å². The SMILES string of the molecule is COC(=O)c1cccc(-n2c(C)cc(C3C(c4ccccn4)NC(=S)N3c3ccc(C)c(C)c3)c2C)c1. The minimum Gasteiger partial charge on any atom is -0.465 e. The molecule has 0 aliphatic carbocycles. The van der Waals surface area contributed by atoms with Gasteiger partial charge >= 0.3 is 5.97 Å².